The van der Waals surface area contributed by atoms with Crippen LogP contribution in [-0.4, -0.2) is 12.0 Å². The summed E-state index contributed by atoms with van der Waals surface area (Å²) in [7, 11) is 1.87. The van der Waals surface area contributed by atoms with Gasteiger partial charge in [0, 0.05) is 24.4 Å². The predicted octanol–water partition coefficient (Wildman–Crippen LogP) is 3.69. The number of halogens is 2. The number of aryl methyl sites for hydroxylation is 1. The summed E-state index contributed by atoms with van der Waals surface area (Å²) in [6.07, 6.45) is 0. The van der Waals surface area contributed by atoms with Gasteiger partial charge in [0.05, 0.1) is 5.02 Å². The highest BCUT2D eigenvalue weighted by atomic mass is 35.5. The third-order valence-electron chi connectivity index (χ3n) is 2.48. The van der Waals surface area contributed by atoms with Gasteiger partial charge in [-0.15, -0.1) is 0 Å². The number of benzene rings is 1. The molecule has 0 aliphatic carbocycles. The molecule has 0 aliphatic heterocycles. The Hall–Kier alpha value is -1.65. The lowest BCUT2D eigenvalue weighted by molar-refractivity contribution is 0.456. The van der Waals surface area contributed by atoms with Gasteiger partial charge in [-0.25, -0.2) is 9.37 Å². The van der Waals surface area contributed by atoms with Gasteiger partial charge in [-0.3, -0.25) is 0 Å². The Kier molecular flexibility index (Phi) is 4.35. The third kappa shape index (κ3) is 3.66. The first-order chi connectivity index (χ1) is 9.08. The molecule has 1 aromatic heterocycles. The van der Waals surface area contributed by atoms with Gasteiger partial charge >= 0.3 is 0 Å². The minimum absolute atomic E-state index is 0.0698. The number of aromatic nitrogens is 1. The molecule has 0 saturated carbocycles. The lowest BCUT2D eigenvalue weighted by Gasteiger charge is -2.08. The molecule has 0 fully saturated rings. The average molecular weight is 281 g/mol. The van der Waals surface area contributed by atoms with E-state index < -0.39 is 5.82 Å². The number of pyridine rings is 1. The van der Waals surface area contributed by atoms with E-state index in [1.807, 2.05) is 26.1 Å². The lowest BCUT2D eigenvalue weighted by atomic mass is 10.2. The predicted molar refractivity (Wildman–Crippen MR) is 73.2 cm³/mol. The van der Waals surface area contributed by atoms with E-state index in [0.717, 1.165) is 11.3 Å². The fourth-order valence-corrected chi connectivity index (χ4v) is 1.84. The van der Waals surface area contributed by atoms with E-state index in [1.54, 1.807) is 6.07 Å². The van der Waals surface area contributed by atoms with Crippen LogP contribution in [0.15, 0.2) is 30.3 Å². The van der Waals surface area contributed by atoms with E-state index in [0.29, 0.717) is 18.2 Å². The van der Waals surface area contributed by atoms with E-state index in [4.69, 9.17) is 16.3 Å². The van der Waals surface area contributed by atoms with Crippen molar-refractivity contribution in [2.45, 2.75) is 13.5 Å². The molecule has 0 saturated heterocycles. The minimum atomic E-state index is -0.512. The Labute approximate surface area is 116 Å². The van der Waals surface area contributed by atoms with E-state index in [1.165, 1.54) is 12.1 Å². The molecule has 19 heavy (non-hydrogen) atoms. The van der Waals surface area contributed by atoms with Gasteiger partial charge in [0.25, 0.3) is 0 Å². The lowest BCUT2D eigenvalue weighted by Crippen LogP contribution is -2.06. The molecule has 3 nitrogen and oxygen atoms in total. The molecular formula is C14H14ClFN2O. The second-order valence-corrected chi connectivity index (χ2v) is 4.57. The molecular weight excluding hydrogens is 267 g/mol. The Bertz CT molecular complexity index is 590. The topological polar surface area (TPSA) is 34.2 Å². The Balaban J connectivity index is 2.24. The largest absolute Gasteiger partial charge is 0.439 e. The summed E-state index contributed by atoms with van der Waals surface area (Å²) in [5.41, 5.74) is 1.90. The zero-order valence-corrected chi connectivity index (χ0v) is 11.5. The monoisotopic (exact) mass is 280 g/mol. The summed E-state index contributed by atoms with van der Waals surface area (Å²) in [6.45, 7) is 2.60. The molecule has 1 N–H and O–H groups in total. The van der Waals surface area contributed by atoms with Gasteiger partial charge < -0.3 is 10.1 Å². The van der Waals surface area contributed by atoms with Crippen molar-refractivity contribution in [1.82, 2.24) is 10.3 Å². The average Bonchev–Trinajstić information content (AvgIpc) is 2.33. The van der Waals surface area contributed by atoms with Crippen LogP contribution in [0, 0.1) is 12.7 Å². The number of nitrogens with one attached hydrogen (secondary N) is 1. The van der Waals surface area contributed by atoms with Gasteiger partial charge in [-0.2, -0.15) is 0 Å². The SMILES string of the molecule is CNCc1cc(C)nc(Oc2ccc(Cl)c(F)c2)c1. The maximum Gasteiger partial charge on any atom is 0.219 e. The minimum Gasteiger partial charge on any atom is -0.439 e. The van der Waals surface area contributed by atoms with Crippen LogP contribution in [0.1, 0.15) is 11.3 Å². The van der Waals surface area contributed by atoms with Crippen molar-refractivity contribution in [1.29, 1.82) is 0 Å². The maximum atomic E-state index is 13.3. The molecule has 2 rings (SSSR count). The first-order valence-corrected chi connectivity index (χ1v) is 6.21. The summed E-state index contributed by atoms with van der Waals surface area (Å²) < 4.78 is 18.9. The van der Waals surface area contributed by atoms with Crippen LogP contribution in [0.25, 0.3) is 0 Å². The molecule has 0 amide bonds. The first-order valence-electron chi connectivity index (χ1n) is 5.83. The van der Waals surface area contributed by atoms with Crippen LogP contribution < -0.4 is 10.1 Å². The Morgan fingerprint density at radius 3 is 2.79 bits per heavy atom. The second-order valence-electron chi connectivity index (χ2n) is 4.16. The van der Waals surface area contributed by atoms with Crippen molar-refractivity contribution in [3.63, 3.8) is 0 Å². The molecule has 0 bridgehead atoms. The van der Waals surface area contributed by atoms with Crippen molar-refractivity contribution in [2.24, 2.45) is 0 Å². The number of hydrogen-bond donors (Lipinski definition) is 1. The van der Waals surface area contributed by atoms with Crippen molar-refractivity contribution in [3.05, 3.63) is 52.4 Å². The zero-order chi connectivity index (χ0) is 13.8. The molecule has 5 heteroatoms. The summed E-state index contributed by atoms with van der Waals surface area (Å²) in [5, 5.41) is 3.13. The van der Waals surface area contributed by atoms with E-state index >= 15 is 0 Å². The van der Waals surface area contributed by atoms with Crippen molar-refractivity contribution >= 4 is 11.6 Å². The molecule has 0 aliphatic rings. The van der Waals surface area contributed by atoms with Gasteiger partial charge in [0.2, 0.25) is 5.88 Å². The van der Waals surface area contributed by atoms with Crippen molar-refractivity contribution < 1.29 is 9.13 Å². The van der Waals surface area contributed by atoms with Gasteiger partial charge in [-0.1, -0.05) is 11.6 Å². The first kappa shape index (κ1) is 13.8. The van der Waals surface area contributed by atoms with Gasteiger partial charge in [0.15, 0.2) is 0 Å². The molecule has 1 heterocycles. The Morgan fingerprint density at radius 2 is 2.11 bits per heavy atom. The smallest absolute Gasteiger partial charge is 0.219 e. The number of nitrogens with zero attached hydrogens (tertiary/aromatic N) is 1. The molecule has 0 spiro atoms. The van der Waals surface area contributed by atoms with Crippen LogP contribution in [-0.2, 0) is 6.54 Å². The summed E-state index contributed by atoms with van der Waals surface area (Å²) in [5.74, 6) is 0.296. The second kappa shape index (κ2) is 5.99. The van der Waals surface area contributed by atoms with Gasteiger partial charge in [0.1, 0.15) is 11.6 Å². The van der Waals surface area contributed by atoms with Crippen LogP contribution in [0.4, 0.5) is 4.39 Å². The standard InChI is InChI=1S/C14H14ClFN2O/c1-9-5-10(8-17-2)6-14(18-9)19-11-3-4-12(15)13(16)7-11/h3-7,17H,8H2,1-2H3. The zero-order valence-electron chi connectivity index (χ0n) is 10.7. The fourth-order valence-electron chi connectivity index (χ4n) is 1.73. The highest BCUT2D eigenvalue weighted by Gasteiger charge is 2.05. The molecule has 1 aromatic carbocycles. The summed E-state index contributed by atoms with van der Waals surface area (Å²) >= 11 is 5.62. The Morgan fingerprint density at radius 1 is 1.32 bits per heavy atom. The maximum absolute atomic E-state index is 13.3. The number of ether oxygens (including phenoxy) is 1. The quantitative estimate of drug-likeness (QED) is 0.927. The van der Waals surface area contributed by atoms with Gasteiger partial charge in [-0.05, 0) is 37.7 Å². The molecule has 100 valence electrons. The van der Waals surface area contributed by atoms with E-state index in [9.17, 15) is 4.39 Å². The van der Waals surface area contributed by atoms with Crippen LogP contribution >= 0.6 is 11.6 Å². The molecule has 0 unspecified atom stereocenters. The highest BCUT2D eigenvalue weighted by molar-refractivity contribution is 6.30. The van der Waals surface area contributed by atoms with Crippen LogP contribution in [0.3, 0.4) is 0 Å². The number of rotatable bonds is 4. The van der Waals surface area contributed by atoms with Crippen molar-refractivity contribution in [2.75, 3.05) is 7.05 Å². The van der Waals surface area contributed by atoms with E-state index in [2.05, 4.69) is 10.3 Å². The van der Waals surface area contributed by atoms with Crippen LogP contribution in [0.2, 0.25) is 5.02 Å². The fraction of sp³-hybridized carbons (Fsp3) is 0.214. The third-order valence-corrected chi connectivity index (χ3v) is 2.79. The molecule has 0 radical (unpaired) electrons. The highest BCUT2D eigenvalue weighted by Crippen LogP contribution is 2.25. The van der Waals surface area contributed by atoms with Crippen LogP contribution in [0.5, 0.6) is 11.6 Å². The molecule has 2 aromatic rings. The molecule has 0 atom stereocenters. The summed E-state index contributed by atoms with van der Waals surface area (Å²) in [6, 6.07) is 8.08. The van der Waals surface area contributed by atoms with Crippen molar-refractivity contribution in [3.8, 4) is 11.6 Å². The number of hydrogen-bond acceptors (Lipinski definition) is 3. The van der Waals surface area contributed by atoms with E-state index in [-0.39, 0.29) is 5.02 Å². The normalized spacial score (nSPS) is 10.5. The summed E-state index contributed by atoms with van der Waals surface area (Å²) in [4.78, 5) is 4.26.